The molecule has 0 bridgehead atoms. The largest absolute Gasteiger partial charge is 0.417 e. The Bertz CT molecular complexity index is 423. The number of nitrogen functional groups attached to an aromatic ring is 1. The second-order valence-corrected chi connectivity index (χ2v) is 3.75. The zero-order valence-electron chi connectivity index (χ0n) is 8.08. The quantitative estimate of drug-likeness (QED) is 0.468. The molecule has 0 aromatic heterocycles. The van der Waals surface area contributed by atoms with Crippen molar-refractivity contribution in [2.75, 3.05) is 5.73 Å². The summed E-state index contributed by atoms with van der Waals surface area (Å²) in [5.41, 5.74) is 0.845. The molecular formula is C9H6BrF6N. The summed E-state index contributed by atoms with van der Waals surface area (Å²) in [6.07, 6.45) is -10.2. The van der Waals surface area contributed by atoms with Gasteiger partial charge < -0.3 is 5.73 Å². The molecule has 1 aromatic rings. The van der Waals surface area contributed by atoms with Crippen LogP contribution < -0.4 is 5.73 Å². The van der Waals surface area contributed by atoms with E-state index in [1.807, 2.05) is 0 Å². The van der Waals surface area contributed by atoms with Gasteiger partial charge in [0.25, 0.3) is 0 Å². The summed E-state index contributed by atoms with van der Waals surface area (Å²) >= 11 is 2.71. The number of hydrogen-bond donors (Lipinski definition) is 1. The number of hydrogen-bond acceptors (Lipinski definition) is 1. The molecule has 1 aromatic carbocycles. The zero-order valence-corrected chi connectivity index (χ0v) is 9.67. The van der Waals surface area contributed by atoms with E-state index >= 15 is 0 Å². The monoisotopic (exact) mass is 321 g/mol. The summed E-state index contributed by atoms with van der Waals surface area (Å²) in [7, 11) is 0. The van der Waals surface area contributed by atoms with E-state index in [-0.39, 0.29) is 5.69 Å². The van der Waals surface area contributed by atoms with Crippen LogP contribution in [0.4, 0.5) is 32.0 Å². The minimum absolute atomic E-state index is 0.331. The summed E-state index contributed by atoms with van der Waals surface area (Å²) in [5.74, 6) is 0. The minimum Gasteiger partial charge on any atom is -0.398 e. The fourth-order valence-electron chi connectivity index (χ4n) is 1.37. The molecule has 0 aliphatic heterocycles. The standard InChI is InChI=1S/C9H6BrF6N/c10-3-4-6(17)2-1-5(8(11,12)13)7(4)9(14,15)16/h1-2H,3,17H2. The van der Waals surface area contributed by atoms with Gasteiger partial charge in [-0.2, -0.15) is 26.3 Å². The van der Waals surface area contributed by atoms with Crippen LogP contribution in [0.25, 0.3) is 0 Å². The first-order valence-electron chi connectivity index (χ1n) is 4.20. The molecule has 0 heterocycles. The molecule has 2 N–H and O–H groups in total. The van der Waals surface area contributed by atoms with E-state index in [0.717, 1.165) is 6.07 Å². The first-order chi connectivity index (χ1) is 7.59. The maximum atomic E-state index is 12.6. The van der Waals surface area contributed by atoms with Gasteiger partial charge in [-0.05, 0) is 17.7 Å². The van der Waals surface area contributed by atoms with Crippen molar-refractivity contribution < 1.29 is 26.3 Å². The topological polar surface area (TPSA) is 26.0 Å². The van der Waals surface area contributed by atoms with Crippen LogP contribution in [0, 0.1) is 0 Å². The number of benzene rings is 1. The molecule has 1 rings (SSSR count). The van der Waals surface area contributed by atoms with Crippen molar-refractivity contribution in [3.8, 4) is 0 Å². The van der Waals surface area contributed by atoms with E-state index < -0.39 is 34.4 Å². The van der Waals surface area contributed by atoms with Gasteiger partial charge in [0, 0.05) is 11.0 Å². The minimum atomic E-state index is -5.11. The molecular weight excluding hydrogens is 316 g/mol. The Balaban J connectivity index is 3.64. The fraction of sp³-hybridized carbons (Fsp3) is 0.333. The van der Waals surface area contributed by atoms with E-state index in [4.69, 9.17) is 5.73 Å². The number of rotatable bonds is 1. The van der Waals surface area contributed by atoms with Gasteiger partial charge in [-0.25, -0.2) is 0 Å². The first kappa shape index (κ1) is 14.1. The lowest BCUT2D eigenvalue weighted by Gasteiger charge is -2.19. The Morgan fingerprint density at radius 1 is 1.00 bits per heavy atom. The zero-order chi connectivity index (χ0) is 13.4. The number of nitrogens with two attached hydrogens (primary N) is 1. The van der Waals surface area contributed by atoms with Crippen molar-refractivity contribution in [1.29, 1.82) is 0 Å². The average molecular weight is 322 g/mol. The van der Waals surface area contributed by atoms with Crippen LogP contribution in [0.3, 0.4) is 0 Å². The fourth-order valence-corrected chi connectivity index (χ4v) is 1.97. The van der Waals surface area contributed by atoms with Crippen molar-refractivity contribution in [2.24, 2.45) is 0 Å². The SMILES string of the molecule is Nc1ccc(C(F)(F)F)c(C(F)(F)F)c1CBr. The highest BCUT2D eigenvalue weighted by atomic mass is 79.9. The van der Waals surface area contributed by atoms with Gasteiger partial charge in [-0.15, -0.1) is 0 Å². The molecule has 17 heavy (non-hydrogen) atoms. The molecule has 0 unspecified atom stereocenters. The maximum absolute atomic E-state index is 12.6. The Kier molecular flexibility index (Phi) is 3.66. The summed E-state index contributed by atoms with van der Waals surface area (Å²) in [6.45, 7) is 0. The molecule has 0 fully saturated rings. The van der Waals surface area contributed by atoms with Gasteiger partial charge in [0.1, 0.15) is 0 Å². The smallest absolute Gasteiger partial charge is 0.398 e. The van der Waals surface area contributed by atoms with Gasteiger partial charge in [-0.1, -0.05) is 15.9 Å². The van der Waals surface area contributed by atoms with Crippen LogP contribution in [0.5, 0.6) is 0 Å². The van der Waals surface area contributed by atoms with Crippen LogP contribution in [0.1, 0.15) is 16.7 Å². The molecule has 0 saturated carbocycles. The third-order valence-electron chi connectivity index (χ3n) is 2.07. The lowest BCUT2D eigenvalue weighted by molar-refractivity contribution is -0.162. The Morgan fingerprint density at radius 2 is 1.53 bits per heavy atom. The molecule has 0 amide bonds. The molecule has 0 aliphatic rings. The van der Waals surface area contributed by atoms with E-state index in [2.05, 4.69) is 15.9 Å². The Hall–Kier alpha value is -0.920. The van der Waals surface area contributed by atoms with Crippen molar-refractivity contribution in [3.05, 3.63) is 28.8 Å². The lowest BCUT2D eigenvalue weighted by atomic mass is 9.99. The van der Waals surface area contributed by atoms with Crippen LogP contribution in [-0.2, 0) is 17.7 Å². The normalized spacial score (nSPS) is 12.9. The van der Waals surface area contributed by atoms with E-state index in [1.165, 1.54) is 0 Å². The number of anilines is 1. The molecule has 96 valence electrons. The van der Waals surface area contributed by atoms with Crippen molar-refractivity contribution in [1.82, 2.24) is 0 Å². The predicted molar refractivity (Wildman–Crippen MR) is 53.5 cm³/mol. The van der Waals surface area contributed by atoms with Crippen LogP contribution in [0.15, 0.2) is 12.1 Å². The average Bonchev–Trinajstić information content (AvgIpc) is 2.13. The molecule has 0 atom stereocenters. The summed E-state index contributed by atoms with van der Waals surface area (Å²) in [6, 6.07) is 1.15. The Labute approximate surface area is 101 Å². The van der Waals surface area contributed by atoms with Crippen molar-refractivity contribution in [2.45, 2.75) is 17.7 Å². The molecule has 0 spiro atoms. The molecule has 0 radical (unpaired) electrons. The number of alkyl halides is 7. The van der Waals surface area contributed by atoms with Gasteiger partial charge in [-0.3, -0.25) is 0 Å². The van der Waals surface area contributed by atoms with Crippen LogP contribution >= 0.6 is 15.9 Å². The van der Waals surface area contributed by atoms with Gasteiger partial charge in [0.05, 0.1) is 11.1 Å². The van der Waals surface area contributed by atoms with E-state index in [0.29, 0.717) is 6.07 Å². The third kappa shape index (κ3) is 2.85. The lowest BCUT2D eigenvalue weighted by Crippen LogP contribution is -2.19. The van der Waals surface area contributed by atoms with Crippen molar-refractivity contribution >= 4 is 21.6 Å². The maximum Gasteiger partial charge on any atom is 0.417 e. The molecule has 0 saturated heterocycles. The number of halogens is 7. The van der Waals surface area contributed by atoms with Gasteiger partial charge in [0.2, 0.25) is 0 Å². The summed E-state index contributed by atoms with van der Waals surface area (Å²) < 4.78 is 75.3. The molecule has 1 nitrogen and oxygen atoms in total. The van der Waals surface area contributed by atoms with Crippen molar-refractivity contribution in [3.63, 3.8) is 0 Å². The summed E-state index contributed by atoms with van der Waals surface area (Å²) in [5, 5.41) is -0.405. The Morgan fingerprint density at radius 3 is 1.88 bits per heavy atom. The van der Waals surface area contributed by atoms with Crippen LogP contribution in [0.2, 0.25) is 0 Å². The highest BCUT2D eigenvalue weighted by molar-refractivity contribution is 9.08. The van der Waals surface area contributed by atoms with E-state index in [9.17, 15) is 26.3 Å². The van der Waals surface area contributed by atoms with Crippen LogP contribution in [-0.4, -0.2) is 0 Å². The highest BCUT2D eigenvalue weighted by Gasteiger charge is 2.45. The van der Waals surface area contributed by atoms with E-state index in [1.54, 1.807) is 0 Å². The highest BCUT2D eigenvalue weighted by Crippen LogP contribution is 2.44. The predicted octanol–water partition coefficient (Wildman–Crippen LogP) is 4.20. The van der Waals surface area contributed by atoms with Gasteiger partial charge >= 0.3 is 12.4 Å². The second kappa shape index (κ2) is 4.40. The molecule has 0 aliphatic carbocycles. The second-order valence-electron chi connectivity index (χ2n) is 3.19. The van der Waals surface area contributed by atoms with Gasteiger partial charge in [0.15, 0.2) is 0 Å². The summed E-state index contributed by atoms with van der Waals surface area (Å²) in [4.78, 5) is 0. The third-order valence-corrected chi connectivity index (χ3v) is 2.63. The molecule has 8 heteroatoms. The first-order valence-corrected chi connectivity index (χ1v) is 5.33.